The van der Waals surface area contributed by atoms with Gasteiger partial charge in [-0.25, -0.2) is 9.59 Å². The number of carbonyl (C=O) groups excluding carboxylic acids is 1. The lowest BCUT2D eigenvalue weighted by atomic mass is 10.1. The first-order valence-corrected chi connectivity index (χ1v) is 12.9. The Bertz CT molecular complexity index is 844. The average Bonchev–Trinajstić information content (AvgIpc) is 2.67. The molecule has 0 radical (unpaired) electrons. The lowest BCUT2D eigenvalue weighted by Gasteiger charge is -2.36. The first kappa shape index (κ1) is 23.5. The number of nitrogens with one attached hydrogen (secondary N) is 1. The summed E-state index contributed by atoms with van der Waals surface area (Å²) in [6.07, 6.45) is -0.611. The van der Waals surface area contributed by atoms with E-state index in [2.05, 4.69) is 39.2 Å². The Labute approximate surface area is 179 Å². The van der Waals surface area contributed by atoms with Crippen LogP contribution in [0.3, 0.4) is 0 Å². The van der Waals surface area contributed by atoms with E-state index in [0.717, 1.165) is 16.9 Å². The number of carboxylic acids is 1. The van der Waals surface area contributed by atoms with Crippen molar-refractivity contribution in [3.05, 3.63) is 65.7 Å². The van der Waals surface area contributed by atoms with Crippen molar-refractivity contribution in [2.45, 2.75) is 58.0 Å². The highest BCUT2D eigenvalue weighted by molar-refractivity contribution is 6.74. The van der Waals surface area contributed by atoms with Gasteiger partial charge in [0, 0.05) is 6.42 Å². The monoisotopic (exact) mass is 429 g/mol. The molecule has 0 saturated heterocycles. The molecule has 0 aromatic heterocycles. The maximum absolute atomic E-state index is 12.0. The van der Waals surface area contributed by atoms with Crippen molar-refractivity contribution in [3.8, 4) is 5.75 Å². The fourth-order valence-corrected chi connectivity index (χ4v) is 3.52. The van der Waals surface area contributed by atoms with Crippen LogP contribution in [0.4, 0.5) is 4.79 Å². The summed E-state index contributed by atoms with van der Waals surface area (Å²) in [7, 11) is -1.94. The predicted molar refractivity (Wildman–Crippen MR) is 119 cm³/mol. The molecule has 0 aliphatic rings. The van der Waals surface area contributed by atoms with Gasteiger partial charge in [-0.05, 0) is 41.4 Å². The van der Waals surface area contributed by atoms with Crippen LogP contribution in [0, 0.1) is 0 Å². The number of hydrogen-bond donors (Lipinski definition) is 2. The SMILES string of the molecule is CC(C)(C)[Si](C)(C)Oc1ccc(C[C@H](NC(=O)OCc2ccccc2)C(=O)O)cc1. The highest BCUT2D eigenvalue weighted by Gasteiger charge is 2.38. The lowest BCUT2D eigenvalue weighted by Crippen LogP contribution is -2.43. The summed E-state index contributed by atoms with van der Waals surface area (Å²) in [5.74, 6) is -0.347. The third-order valence-corrected chi connectivity index (χ3v) is 9.70. The Morgan fingerprint density at radius 1 is 1.00 bits per heavy atom. The maximum Gasteiger partial charge on any atom is 0.408 e. The first-order chi connectivity index (χ1) is 14.0. The minimum atomic E-state index is -1.94. The third kappa shape index (κ3) is 6.91. The first-order valence-electron chi connectivity index (χ1n) is 9.96. The Kier molecular flexibility index (Phi) is 7.67. The molecule has 30 heavy (non-hydrogen) atoms. The van der Waals surface area contributed by atoms with E-state index in [1.54, 1.807) is 0 Å². The number of carboxylic acid groups (broad SMARTS) is 1. The van der Waals surface area contributed by atoms with Crippen molar-refractivity contribution in [1.29, 1.82) is 0 Å². The van der Waals surface area contributed by atoms with E-state index in [9.17, 15) is 14.7 Å². The highest BCUT2D eigenvalue weighted by Crippen LogP contribution is 2.37. The molecular weight excluding hydrogens is 398 g/mol. The van der Waals surface area contributed by atoms with E-state index < -0.39 is 26.4 Å². The van der Waals surface area contributed by atoms with Gasteiger partial charge < -0.3 is 19.6 Å². The summed E-state index contributed by atoms with van der Waals surface area (Å²) in [6, 6.07) is 15.5. The van der Waals surface area contributed by atoms with Gasteiger partial charge in [-0.1, -0.05) is 63.2 Å². The number of benzene rings is 2. The van der Waals surface area contributed by atoms with Gasteiger partial charge in [0.25, 0.3) is 0 Å². The van der Waals surface area contributed by atoms with Gasteiger partial charge in [-0.2, -0.15) is 0 Å². The second-order valence-electron chi connectivity index (χ2n) is 8.81. The molecule has 2 aromatic carbocycles. The summed E-state index contributed by atoms with van der Waals surface area (Å²) in [5, 5.41) is 12.0. The van der Waals surface area contributed by atoms with Crippen LogP contribution in [0.1, 0.15) is 31.9 Å². The number of ether oxygens (including phenoxy) is 1. The van der Waals surface area contributed by atoms with Crippen molar-refractivity contribution in [2.24, 2.45) is 0 Å². The molecule has 0 fully saturated rings. The van der Waals surface area contributed by atoms with E-state index in [0.29, 0.717) is 0 Å². The van der Waals surface area contributed by atoms with Crippen LogP contribution in [-0.4, -0.2) is 31.5 Å². The molecule has 0 aliphatic carbocycles. The largest absolute Gasteiger partial charge is 0.544 e. The van der Waals surface area contributed by atoms with E-state index in [4.69, 9.17) is 9.16 Å². The topological polar surface area (TPSA) is 84.9 Å². The molecule has 0 aliphatic heterocycles. The van der Waals surface area contributed by atoms with Crippen molar-refractivity contribution in [3.63, 3.8) is 0 Å². The van der Waals surface area contributed by atoms with E-state index in [1.165, 1.54) is 0 Å². The number of aliphatic carboxylic acids is 1. The van der Waals surface area contributed by atoms with Crippen molar-refractivity contribution in [2.75, 3.05) is 0 Å². The summed E-state index contributed by atoms with van der Waals surface area (Å²) >= 11 is 0. The summed E-state index contributed by atoms with van der Waals surface area (Å²) in [6.45, 7) is 11.0. The number of hydrogen-bond acceptors (Lipinski definition) is 4. The average molecular weight is 430 g/mol. The Balaban J connectivity index is 1.94. The normalized spacial score (nSPS) is 12.7. The fraction of sp³-hybridized carbons (Fsp3) is 0.391. The third-order valence-electron chi connectivity index (χ3n) is 5.35. The standard InChI is InChI=1S/C23H31NO5Si/c1-23(2,3)30(4,5)29-19-13-11-17(12-14-19)15-20(21(25)26)24-22(27)28-16-18-9-7-6-8-10-18/h6-14,20H,15-16H2,1-5H3,(H,24,27)(H,25,26)/t20-/m0/s1. The van der Waals surface area contributed by atoms with Crippen LogP contribution in [0.25, 0.3) is 0 Å². The molecule has 0 saturated carbocycles. The molecular formula is C23H31NO5Si. The molecule has 0 unspecified atom stereocenters. The second-order valence-corrected chi connectivity index (χ2v) is 13.5. The van der Waals surface area contributed by atoms with Crippen LogP contribution in [0.15, 0.2) is 54.6 Å². The molecule has 1 atom stereocenters. The second kappa shape index (κ2) is 9.80. The quantitative estimate of drug-likeness (QED) is 0.577. The molecule has 6 nitrogen and oxygen atoms in total. The maximum atomic E-state index is 12.0. The Morgan fingerprint density at radius 2 is 1.60 bits per heavy atom. The minimum Gasteiger partial charge on any atom is -0.544 e. The zero-order valence-corrected chi connectivity index (χ0v) is 19.3. The summed E-state index contributed by atoms with van der Waals surface area (Å²) in [4.78, 5) is 23.6. The fourth-order valence-electron chi connectivity index (χ4n) is 2.48. The van der Waals surface area contributed by atoms with Gasteiger partial charge in [-0.15, -0.1) is 0 Å². The van der Waals surface area contributed by atoms with Crippen molar-refractivity contribution in [1.82, 2.24) is 5.32 Å². The zero-order valence-electron chi connectivity index (χ0n) is 18.3. The molecule has 7 heteroatoms. The van der Waals surface area contributed by atoms with Crippen molar-refractivity contribution < 1.29 is 23.9 Å². The van der Waals surface area contributed by atoms with Crippen LogP contribution in [0.5, 0.6) is 5.75 Å². The van der Waals surface area contributed by atoms with Gasteiger partial charge in [0.1, 0.15) is 18.4 Å². The smallest absolute Gasteiger partial charge is 0.408 e. The van der Waals surface area contributed by atoms with Gasteiger partial charge in [0.15, 0.2) is 0 Å². The lowest BCUT2D eigenvalue weighted by molar-refractivity contribution is -0.139. The van der Waals surface area contributed by atoms with E-state index >= 15 is 0 Å². The van der Waals surface area contributed by atoms with Gasteiger partial charge >= 0.3 is 12.1 Å². The molecule has 1 amide bonds. The van der Waals surface area contributed by atoms with Crippen LogP contribution in [-0.2, 0) is 22.6 Å². The van der Waals surface area contributed by atoms with Crippen LogP contribution < -0.4 is 9.74 Å². The Morgan fingerprint density at radius 3 is 2.13 bits per heavy atom. The van der Waals surface area contributed by atoms with Crippen LogP contribution in [0.2, 0.25) is 18.1 Å². The van der Waals surface area contributed by atoms with Gasteiger partial charge in [-0.3, -0.25) is 0 Å². The number of alkyl carbamates (subject to hydrolysis) is 1. The molecule has 0 spiro atoms. The van der Waals surface area contributed by atoms with Gasteiger partial charge in [0.2, 0.25) is 8.32 Å². The van der Waals surface area contributed by atoms with Gasteiger partial charge in [0.05, 0.1) is 0 Å². The predicted octanol–water partition coefficient (Wildman–Crippen LogP) is 4.99. The zero-order chi connectivity index (χ0) is 22.4. The molecule has 0 heterocycles. The molecule has 2 N–H and O–H groups in total. The highest BCUT2D eigenvalue weighted by atomic mass is 28.4. The van der Waals surface area contributed by atoms with E-state index in [1.807, 2.05) is 54.6 Å². The number of amides is 1. The summed E-state index contributed by atoms with van der Waals surface area (Å²) in [5.41, 5.74) is 1.62. The van der Waals surface area contributed by atoms with Crippen LogP contribution >= 0.6 is 0 Å². The summed E-state index contributed by atoms with van der Waals surface area (Å²) < 4.78 is 11.4. The molecule has 2 rings (SSSR count). The van der Waals surface area contributed by atoms with Crippen molar-refractivity contribution >= 4 is 20.4 Å². The molecule has 2 aromatic rings. The number of rotatable bonds is 8. The minimum absolute atomic E-state index is 0.0818. The molecule has 162 valence electrons. The van der Waals surface area contributed by atoms with E-state index in [-0.39, 0.29) is 18.1 Å². The Hall–Kier alpha value is -2.80. The molecule has 0 bridgehead atoms. The number of carbonyl (C=O) groups is 2.